The van der Waals surface area contributed by atoms with Crippen LogP contribution in [-0.4, -0.2) is 53.2 Å². The largest absolute Gasteiger partial charge is 0.459 e. The summed E-state index contributed by atoms with van der Waals surface area (Å²) < 4.78 is 16.7. The summed E-state index contributed by atoms with van der Waals surface area (Å²) in [6.07, 6.45) is -1.17. The van der Waals surface area contributed by atoms with Gasteiger partial charge in [-0.2, -0.15) is 0 Å². The highest BCUT2D eigenvalue weighted by Crippen LogP contribution is 2.54. The zero-order chi connectivity index (χ0) is 23.0. The highest BCUT2D eigenvalue weighted by molar-refractivity contribution is 5.90. The maximum Gasteiger partial charge on any atom is 0.338 e. The molecule has 1 aliphatic heterocycles. The minimum absolute atomic E-state index is 0.0683. The minimum Gasteiger partial charge on any atom is -0.459 e. The van der Waals surface area contributed by atoms with Gasteiger partial charge in [0, 0.05) is 23.8 Å². The SMILES string of the molecule is C=C[C@@]1(C)[C@H]2OC(=O)C(=C)[C@H]([C@@H]2OC(C)=O)[C@H](OC(=O)C(C)(O)CC)[C@@H]1C(=C)C=O. The number of rotatable bonds is 7. The fraction of sp³-hybridized carbons (Fsp3) is 0.545. The first-order chi connectivity index (χ1) is 13.8. The number of hydrogen-bond donors (Lipinski definition) is 1. The normalized spacial score (nSPS) is 34.8. The molecule has 0 aromatic carbocycles. The van der Waals surface area contributed by atoms with Crippen LogP contribution in [0.1, 0.15) is 34.1 Å². The summed E-state index contributed by atoms with van der Waals surface area (Å²) in [4.78, 5) is 48.7. The van der Waals surface area contributed by atoms with Crippen LogP contribution in [0.2, 0.25) is 0 Å². The van der Waals surface area contributed by atoms with Crippen LogP contribution in [0, 0.1) is 17.3 Å². The Morgan fingerprint density at radius 1 is 1.33 bits per heavy atom. The Hall–Kier alpha value is -2.74. The van der Waals surface area contributed by atoms with E-state index in [4.69, 9.17) is 14.2 Å². The summed E-state index contributed by atoms with van der Waals surface area (Å²) in [6, 6.07) is 0. The lowest BCUT2D eigenvalue weighted by molar-refractivity contribution is -0.227. The molecular weight excluding hydrogens is 392 g/mol. The molecule has 1 unspecified atom stereocenters. The molecule has 0 aromatic heterocycles. The predicted octanol–water partition coefficient (Wildman–Crippen LogP) is 1.67. The maximum absolute atomic E-state index is 12.7. The Morgan fingerprint density at radius 2 is 1.93 bits per heavy atom. The van der Waals surface area contributed by atoms with Gasteiger partial charge >= 0.3 is 17.9 Å². The molecular formula is C22H28O8. The van der Waals surface area contributed by atoms with Crippen LogP contribution in [0.4, 0.5) is 0 Å². The second-order valence-corrected chi connectivity index (χ2v) is 8.19. The molecule has 1 aliphatic carbocycles. The molecule has 1 saturated heterocycles. The van der Waals surface area contributed by atoms with Gasteiger partial charge in [-0.15, -0.1) is 6.58 Å². The van der Waals surface area contributed by atoms with Crippen molar-refractivity contribution >= 4 is 24.2 Å². The van der Waals surface area contributed by atoms with Crippen molar-refractivity contribution in [1.82, 2.24) is 0 Å². The zero-order valence-electron chi connectivity index (χ0n) is 17.7. The number of carbonyl (C=O) groups excluding carboxylic acids is 4. The number of fused-ring (bicyclic) bond motifs is 2. The van der Waals surface area contributed by atoms with E-state index in [9.17, 15) is 24.3 Å². The monoisotopic (exact) mass is 420 g/mol. The van der Waals surface area contributed by atoms with Crippen LogP contribution >= 0.6 is 0 Å². The average Bonchev–Trinajstić information content (AvgIpc) is 2.68. The average molecular weight is 420 g/mol. The molecule has 8 heteroatoms. The van der Waals surface area contributed by atoms with Crippen LogP contribution in [-0.2, 0) is 33.4 Å². The molecule has 8 nitrogen and oxygen atoms in total. The van der Waals surface area contributed by atoms with Crippen molar-refractivity contribution in [1.29, 1.82) is 0 Å². The first-order valence-corrected chi connectivity index (χ1v) is 9.63. The molecule has 0 spiro atoms. The van der Waals surface area contributed by atoms with Crippen molar-refractivity contribution in [3.05, 3.63) is 37.0 Å². The van der Waals surface area contributed by atoms with E-state index in [1.54, 1.807) is 13.8 Å². The van der Waals surface area contributed by atoms with Gasteiger partial charge in [0.2, 0.25) is 0 Å². The first-order valence-electron chi connectivity index (χ1n) is 9.63. The summed E-state index contributed by atoms with van der Waals surface area (Å²) in [5, 5.41) is 10.4. The third-order valence-electron chi connectivity index (χ3n) is 6.18. The van der Waals surface area contributed by atoms with Crippen molar-refractivity contribution in [3.63, 3.8) is 0 Å². The minimum atomic E-state index is -1.80. The Kier molecular flexibility index (Phi) is 6.42. The number of aliphatic hydroxyl groups is 1. The molecule has 0 amide bonds. The van der Waals surface area contributed by atoms with Gasteiger partial charge in [0.15, 0.2) is 11.7 Å². The Balaban J connectivity index is 2.71. The van der Waals surface area contributed by atoms with Gasteiger partial charge in [-0.05, 0) is 18.9 Å². The van der Waals surface area contributed by atoms with Gasteiger partial charge in [0.1, 0.15) is 18.5 Å². The molecule has 2 bridgehead atoms. The van der Waals surface area contributed by atoms with E-state index in [2.05, 4.69) is 19.7 Å². The molecule has 7 atom stereocenters. The van der Waals surface area contributed by atoms with Gasteiger partial charge < -0.3 is 19.3 Å². The third-order valence-corrected chi connectivity index (χ3v) is 6.18. The maximum atomic E-state index is 12.7. The lowest BCUT2D eigenvalue weighted by Gasteiger charge is -2.56. The number of ether oxygens (including phenoxy) is 3. The molecule has 0 radical (unpaired) electrons. The second kappa shape index (κ2) is 8.18. The first kappa shape index (κ1) is 23.5. The lowest BCUT2D eigenvalue weighted by atomic mass is 9.55. The second-order valence-electron chi connectivity index (χ2n) is 8.19. The number of esters is 3. The van der Waals surface area contributed by atoms with Crippen molar-refractivity contribution in [3.8, 4) is 0 Å². The van der Waals surface area contributed by atoms with Crippen molar-refractivity contribution in [2.45, 2.75) is 58.0 Å². The van der Waals surface area contributed by atoms with E-state index in [0.29, 0.717) is 6.29 Å². The van der Waals surface area contributed by atoms with Gasteiger partial charge in [0.05, 0.1) is 5.92 Å². The van der Waals surface area contributed by atoms with Crippen LogP contribution in [0.15, 0.2) is 37.0 Å². The van der Waals surface area contributed by atoms with E-state index in [-0.39, 0.29) is 17.6 Å². The Morgan fingerprint density at radius 3 is 2.40 bits per heavy atom. The van der Waals surface area contributed by atoms with Crippen molar-refractivity contribution in [2.24, 2.45) is 17.3 Å². The van der Waals surface area contributed by atoms with Gasteiger partial charge in [-0.25, -0.2) is 9.59 Å². The summed E-state index contributed by atoms with van der Waals surface area (Å²) in [5.41, 5.74) is -2.97. The quantitative estimate of drug-likeness (QED) is 0.217. The number of hydrogen-bond acceptors (Lipinski definition) is 8. The van der Waals surface area contributed by atoms with Crippen LogP contribution < -0.4 is 0 Å². The molecule has 1 heterocycles. The van der Waals surface area contributed by atoms with Gasteiger partial charge in [0.25, 0.3) is 0 Å². The molecule has 2 aliphatic rings. The van der Waals surface area contributed by atoms with Crippen LogP contribution in [0.5, 0.6) is 0 Å². The molecule has 2 rings (SSSR count). The molecule has 0 aromatic rings. The van der Waals surface area contributed by atoms with E-state index in [0.717, 1.165) is 0 Å². The summed E-state index contributed by atoms with van der Waals surface area (Å²) in [7, 11) is 0. The number of aldehydes is 1. The van der Waals surface area contributed by atoms with Crippen LogP contribution in [0.25, 0.3) is 0 Å². The van der Waals surface area contributed by atoms with Crippen molar-refractivity contribution < 1.29 is 38.5 Å². The Bertz CT molecular complexity index is 810. The van der Waals surface area contributed by atoms with Crippen LogP contribution in [0.3, 0.4) is 0 Å². The third kappa shape index (κ3) is 3.71. The van der Waals surface area contributed by atoms with E-state index >= 15 is 0 Å². The predicted molar refractivity (Wildman–Crippen MR) is 106 cm³/mol. The van der Waals surface area contributed by atoms with E-state index in [1.165, 1.54) is 19.9 Å². The number of carbonyl (C=O) groups is 4. The van der Waals surface area contributed by atoms with E-state index in [1.807, 2.05) is 0 Å². The fourth-order valence-electron chi connectivity index (χ4n) is 4.18. The molecule has 1 N–H and O–H groups in total. The topological polar surface area (TPSA) is 116 Å². The molecule has 2 fully saturated rings. The highest BCUT2D eigenvalue weighted by Gasteiger charge is 2.65. The molecule has 30 heavy (non-hydrogen) atoms. The summed E-state index contributed by atoms with van der Waals surface area (Å²) in [5.74, 6) is -4.18. The standard InChI is InChI=1S/C22H28O8/c1-8-21(6)15(11(3)10-23)16(29-20(26)22(7,27)9-2)14-12(4)19(25)30-18(21)17(14)28-13(5)24/h8,10,14-18,27H,1,3-4,9H2,2,5-7H3/t14-,15-,16-,17-,18-,21+,22?/m0/s1. The van der Waals surface area contributed by atoms with Gasteiger partial charge in [-0.3, -0.25) is 9.59 Å². The van der Waals surface area contributed by atoms with Crippen molar-refractivity contribution in [2.75, 3.05) is 0 Å². The summed E-state index contributed by atoms with van der Waals surface area (Å²) >= 11 is 0. The smallest absolute Gasteiger partial charge is 0.338 e. The zero-order valence-corrected chi connectivity index (χ0v) is 17.7. The summed E-state index contributed by atoms with van der Waals surface area (Å²) in [6.45, 7) is 17.1. The molecule has 1 saturated carbocycles. The van der Waals surface area contributed by atoms with Gasteiger partial charge in [-0.1, -0.05) is 33.1 Å². The van der Waals surface area contributed by atoms with E-state index < -0.39 is 59.1 Å². The Labute approximate surface area is 175 Å². The molecule has 164 valence electrons. The fourth-order valence-corrected chi connectivity index (χ4v) is 4.18. The highest BCUT2D eigenvalue weighted by atomic mass is 16.6. The lowest BCUT2D eigenvalue weighted by Crippen LogP contribution is -2.67.